The molecule has 34 heavy (non-hydrogen) atoms. The van der Waals surface area contributed by atoms with E-state index in [9.17, 15) is 9.59 Å². The highest BCUT2D eigenvalue weighted by Gasteiger charge is 2.17. The van der Waals surface area contributed by atoms with Crippen molar-refractivity contribution in [1.29, 1.82) is 0 Å². The van der Waals surface area contributed by atoms with Gasteiger partial charge in [0.15, 0.2) is 11.5 Å². The van der Waals surface area contributed by atoms with Crippen molar-refractivity contribution in [3.05, 3.63) is 95.2 Å². The number of nitrogens with one attached hydrogen (secondary N) is 2. The van der Waals surface area contributed by atoms with E-state index >= 15 is 0 Å². The van der Waals surface area contributed by atoms with E-state index in [4.69, 9.17) is 14.2 Å². The maximum absolute atomic E-state index is 13.0. The molecular weight excluding hydrogens is 432 g/mol. The third-order valence-electron chi connectivity index (χ3n) is 5.09. The van der Waals surface area contributed by atoms with Crippen molar-refractivity contribution in [2.45, 2.75) is 19.9 Å². The summed E-state index contributed by atoms with van der Waals surface area (Å²) in [6.45, 7) is 3.12. The van der Waals surface area contributed by atoms with Crippen LogP contribution in [0.25, 0.3) is 6.08 Å². The second-order valence-electron chi connectivity index (χ2n) is 7.67. The van der Waals surface area contributed by atoms with Gasteiger partial charge in [0, 0.05) is 12.1 Å². The molecule has 0 fully saturated rings. The van der Waals surface area contributed by atoms with E-state index in [0.29, 0.717) is 41.5 Å². The van der Waals surface area contributed by atoms with Crippen molar-refractivity contribution in [3.8, 4) is 17.2 Å². The lowest BCUT2D eigenvalue weighted by molar-refractivity contribution is -0.117. The van der Waals surface area contributed by atoms with Gasteiger partial charge in [0.25, 0.3) is 11.8 Å². The van der Waals surface area contributed by atoms with Gasteiger partial charge in [0.05, 0.1) is 6.61 Å². The summed E-state index contributed by atoms with van der Waals surface area (Å²) in [5.41, 5.74) is 2.17. The number of benzene rings is 3. The Kier molecular flexibility index (Phi) is 7.45. The van der Waals surface area contributed by atoms with Crippen molar-refractivity contribution in [2.75, 3.05) is 13.4 Å². The smallest absolute Gasteiger partial charge is 0.268 e. The quantitative estimate of drug-likeness (QED) is 0.467. The summed E-state index contributed by atoms with van der Waals surface area (Å²) in [6, 6.07) is 21.7. The number of carbonyl (C=O) groups is 2. The third-order valence-corrected chi connectivity index (χ3v) is 5.09. The Bertz CT molecular complexity index is 1170. The van der Waals surface area contributed by atoms with Crippen LogP contribution in [0.1, 0.15) is 34.8 Å². The van der Waals surface area contributed by atoms with Crippen LogP contribution in [0.2, 0.25) is 0 Å². The summed E-state index contributed by atoms with van der Waals surface area (Å²) >= 11 is 0. The van der Waals surface area contributed by atoms with Crippen molar-refractivity contribution in [2.24, 2.45) is 0 Å². The zero-order chi connectivity index (χ0) is 23.8. The molecule has 2 amide bonds. The van der Waals surface area contributed by atoms with E-state index in [2.05, 4.69) is 10.6 Å². The number of carbonyl (C=O) groups excluding carboxylic acids is 2. The second-order valence-corrected chi connectivity index (χ2v) is 7.67. The normalized spacial score (nSPS) is 12.2. The molecule has 4 rings (SSSR count). The fraction of sp³-hybridized carbons (Fsp3) is 0.185. The van der Waals surface area contributed by atoms with E-state index in [1.54, 1.807) is 48.5 Å². The van der Waals surface area contributed by atoms with Crippen molar-refractivity contribution >= 4 is 17.9 Å². The van der Waals surface area contributed by atoms with E-state index in [1.807, 2.05) is 37.3 Å². The Balaban J connectivity index is 1.52. The minimum atomic E-state index is -0.405. The van der Waals surface area contributed by atoms with Crippen LogP contribution in [-0.2, 0) is 11.3 Å². The third kappa shape index (κ3) is 5.95. The zero-order valence-electron chi connectivity index (χ0n) is 18.9. The molecule has 2 N–H and O–H groups in total. The molecule has 0 spiro atoms. The summed E-state index contributed by atoms with van der Waals surface area (Å²) in [5.74, 6) is 1.12. The first-order valence-corrected chi connectivity index (χ1v) is 11.1. The topological polar surface area (TPSA) is 85.9 Å². The van der Waals surface area contributed by atoms with Gasteiger partial charge in [-0.05, 0) is 60.0 Å². The molecule has 0 atom stereocenters. The molecule has 7 heteroatoms. The zero-order valence-corrected chi connectivity index (χ0v) is 18.9. The molecular formula is C27H26N2O5. The van der Waals surface area contributed by atoms with E-state index in [0.717, 1.165) is 12.0 Å². The highest BCUT2D eigenvalue weighted by molar-refractivity contribution is 6.05. The summed E-state index contributed by atoms with van der Waals surface area (Å²) in [4.78, 5) is 25.9. The molecule has 0 unspecified atom stereocenters. The number of amides is 2. The van der Waals surface area contributed by atoms with Crippen LogP contribution in [-0.4, -0.2) is 25.2 Å². The maximum Gasteiger partial charge on any atom is 0.268 e. The molecule has 0 saturated carbocycles. The summed E-state index contributed by atoms with van der Waals surface area (Å²) in [5, 5.41) is 5.61. The van der Waals surface area contributed by atoms with Gasteiger partial charge >= 0.3 is 0 Å². The van der Waals surface area contributed by atoms with Crippen LogP contribution in [0.5, 0.6) is 17.2 Å². The number of hydrogen-bond acceptors (Lipinski definition) is 5. The summed E-state index contributed by atoms with van der Waals surface area (Å²) < 4.78 is 16.3. The van der Waals surface area contributed by atoms with Gasteiger partial charge in [-0.25, -0.2) is 0 Å². The average molecular weight is 459 g/mol. The molecule has 0 aromatic heterocycles. The Morgan fingerprint density at radius 1 is 0.971 bits per heavy atom. The molecule has 0 bridgehead atoms. The predicted molar refractivity (Wildman–Crippen MR) is 129 cm³/mol. The molecule has 174 valence electrons. The van der Waals surface area contributed by atoms with Crippen molar-refractivity contribution < 1.29 is 23.8 Å². The van der Waals surface area contributed by atoms with Gasteiger partial charge in [-0.2, -0.15) is 0 Å². The van der Waals surface area contributed by atoms with Crippen LogP contribution in [0.3, 0.4) is 0 Å². The minimum Gasteiger partial charge on any atom is -0.494 e. The number of fused-ring (bicyclic) bond motifs is 1. The fourth-order valence-electron chi connectivity index (χ4n) is 3.32. The van der Waals surface area contributed by atoms with Crippen LogP contribution in [0, 0.1) is 0 Å². The Labute approximate surface area is 198 Å². The van der Waals surface area contributed by atoms with Crippen LogP contribution >= 0.6 is 0 Å². The van der Waals surface area contributed by atoms with Gasteiger partial charge in [-0.1, -0.05) is 43.3 Å². The molecule has 0 saturated heterocycles. The first-order valence-electron chi connectivity index (χ1n) is 11.1. The number of rotatable bonds is 9. The van der Waals surface area contributed by atoms with E-state index in [1.165, 1.54) is 0 Å². The Hall–Kier alpha value is -4.26. The molecule has 1 heterocycles. The van der Waals surface area contributed by atoms with Gasteiger partial charge < -0.3 is 24.8 Å². The van der Waals surface area contributed by atoms with Crippen LogP contribution in [0.4, 0.5) is 0 Å². The van der Waals surface area contributed by atoms with Gasteiger partial charge in [-0.3, -0.25) is 9.59 Å². The largest absolute Gasteiger partial charge is 0.494 e. The molecule has 1 aliphatic rings. The number of ether oxygens (including phenoxy) is 3. The Morgan fingerprint density at radius 2 is 1.74 bits per heavy atom. The lowest BCUT2D eigenvalue weighted by Crippen LogP contribution is -2.34. The lowest BCUT2D eigenvalue weighted by atomic mass is 10.1. The fourth-order valence-corrected chi connectivity index (χ4v) is 3.32. The average Bonchev–Trinajstić information content (AvgIpc) is 3.34. The first-order chi connectivity index (χ1) is 16.6. The number of hydrogen-bond donors (Lipinski definition) is 2. The molecule has 3 aromatic carbocycles. The lowest BCUT2D eigenvalue weighted by Gasteiger charge is -2.12. The van der Waals surface area contributed by atoms with Crippen LogP contribution < -0.4 is 24.8 Å². The molecule has 0 radical (unpaired) electrons. The SMILES string of the molecule is CCCOc1ccc(C(=O)N/C(=C/c2ccc3c(c2)OCO3)C(=O)NCc2ccccc2)cc1. The highest BCUT2D eigenvalue weighted by Crippen LogP contribution is 2.33. The molecule has 0 aliphatic carbocycles. The van der Waals surface area contributed by atoms with Crippen molar-refractivity contribution in [3.63, 3.8) is 0 Å². The first kappa shape index (κ1) is 22.9. The van der Waals surface area contributed by atoms with Crippen molar-refractivity contribution in [1.82, 2.24) is 10.6 Å². The standard InChI is InChI=1S/C27H26N2O5/c1-2-14-32-22-11-9-21(10-12-22)26(30)29-23(27(31)28-17-19-6-4-3-5-7-19)15-20-8-13-24-25(16-20)34-18-33-24/h3-13,15-16H,2,14,17-18H2,1H3,(H,28,31)(H,29,30)/b23-15+. The summed E-state index contributed by atoms with van der Waals surface area (Å²) in [7, 11) is 0. The second kappa shape index (κ2) is 11.0. The molecule has 1 aliphatic heterocycles. The molecule has 3 aromatic rings. The monoisotopic (exact) mass is 458 g/mol. The maximum atomic E-state index is 13.0. The van der Waals surface area contributed by atoms with Crippen LogP contribution in [0.15, 0.2) is 78.5 Å². The highest BCUT2D eigenvalue weighted by atomic mass is 16.7. The van der Waals surface area contributed by atoms with Gasteiger partial charge in [0.2, 0.25) is 6.79 Å². The molecule has 7 nitrogen and oxygen atoms in total. The van der Waals surface area contributed by atoms with E-state index < -0.39 is 11.8 Å². The summed E-state index contributed by atoms with van der Waals surface area (Å²) in [6.07, 6.45) is 2.51. The van der Waals surface area contributed by atoms with Gasteiger partial charge in [-0.15, -0.1) is 0 Å². The van der Waals surface area contributed by atoms with Gasteiger partial charge in [0.1, 0.15) is 11.4 Å². The predicted octanol–water partition coefficient (Wildman–Crippen LogP) is 4.29. The van der Waals surface area contributed by atoms with E-state index in [-0.39, 0.29) is 12.5 Å². The minimum absolute atomic E-state index is 0.117. The Morgan fingerprint density at radius 3 is 2.50 bits per heavy atom.